The highest BCUT2D eigenvalue weighted by Crippen LogP contribution is 2.33. The van der Waals surface area contributed by atoms with Crippen molar-refractivity contribution in [3.63, 3.8) is 0 Å². The molecule has 0 bridgehead atoms. The molecule has 0 aliphatic carbocycles. The van der Waals surface area contributed by atoms with E-state index in [1.807, 2.05) is 30.3 Å². The summed E-state index contributed by atoms with van der Waals surface area (Å²) in [7, 11) is 2.10. The van der Waals surface area contributed by atoms with E-state index in [4.69, 9.17) is 4.98 Å². The summed E-state index contributed by atoms with van der Waals surface area (Å²) in [5.41, 5.74) is 2.25. The smallest absolute Gasteiger partial charge is 0.154 e. The lowest BCUT2D eigenvalue weighted by atomic mass is 9.99. The molecule has 4 heterocycles. The molecule has 27 heavy (non-hydrogen) atoms. The van der Waals surface area contributed by atoms with Gasteiger partial charge in [-0.3, -0.25) is 0 Å². The number of benzene rings is 1. The molecule has 0 amide bonds. The molecule has 0 spiro atoms. The summed E-state index contributed by atoms with van der Waals surface area (Å²) in [6.45, 7) is 6.83. The minimum absolute atomic E-state index is 0.422. The summed E-state index contributed by atoms with van der Waals surface area (Å²) < 4.78 is 2.22. The van der Waals surface area contributed by atoms with Crippen molar-refractivity contribution >= 4 is 28.9 Å². The first-order valence-corrected chi connectivity index (χ1v) is 9.42. The van der Waals surface area contributed by atoms with E-state index in [0.29, 0.717) is 11.8 Å². The first kappa shape index (κ1) is 16.2. The van der Waals surface area contributed by atoms with Gasteiger partial charge >= 0.3 is 0 Å². The summed E-state index contributed by atoms with van der Waals surface area (Å²) in [4.78, 5) is 16.4. The molecule has 7 nitrogen and oxygen atoms in total. The van der Waals surface area contributed by atoms with Gasteiger partial charge in [0.1, 0.15) is 17.5 Å². The predicted octanol–water partition coefficient (Wildman–Crippen LogP) is 2.72. The van der Waals surface area contributed by atoms with Crippen LogP contribution in [0.15, 0.2) is 35.4 Å². The van der Waals surface area contributed by atoms with Crippen molar-refractivity contribution < 1.29 is 0 Å². The lowest BCUT2D eigenvalue weighted by molar-refractivity contribution is 0.485. The van der Waals surface area contributed by atoms with Gasteiger partial charge in [0, 0.05) is 38.3 Å². The molecule has 1 unspecified atom stereocenters. The Hall–Kier alpha value is -2.96. The van der Waals surface area contributed by atoms with Crippen LogP contribution in [0, 0.1) is 12.8 Å². The first-order valence-electron chi connectivity index (χ1n) is 9.42. The molecular formula is C20H23N7. The molecule has 0 radical (unpaired) electrons. The van der Waals surface area contributed by atoms with Crippen molar-refractivity contribution in [1.29, 1.82) is 0 Å². The van der Waals surface area contributed by atoms with Crippen molar-refractivity contribution in [3.8, 4) is 0 Å². The van der Waals surface area contributed by atoms with Crippen molar-refractivity contribution in [2.45, 2.75) is 19.8 Å². The number of rotatable bonds is 3. The van der Waals surface area contributed by atoms with E-state index in [1.54, 1.807) is 0 Å². The topological polar surface area (TPSA) is 62.4 Å². The van der Waals surface area contributed by atoms with Crippen LogP contribution in [0.3, 0.4) is 0 Å². The Balaban J connectivity index is 1.36. The van der Waals surface area contributed by atoms with Gasteiger partial charge in [-0.2, -0.15) is 5.10 Å². The fourth-order valence-electron chi connectivity index (χ4n) is 3.90. The second-order valence-corrected chi connectivity index (χ2v) is 7.58. The first-order chi connectivity index (χ1) is 13.1. The number of anilines is 2. The van der Waals surface area contributed by atoms with Crippen molar-refractivity contribution in [2.24, 2.45) is 18.1 Å². The van der Waals surface area contributed by atoms with E-state index < -0.39 is 0 Å². The average Bonchev–Trinajstić information content (AvgIpc) is 3.18. The standard InChI is InChI=1S/C20H23N7/c1-13-9-21-27(10-13)19-8-18(22-14(2)23-19)26-11-15(12-26)20-24-16-6-4-5-7-17(16)25(20)3/h4-9,13,15H,10-12H2,1-3H3. The zero-order valence-electron chi connectivity index (χ0n) is 15.9. The number of hydrogen-bond acceptors (Lipinski definition) is 6. The molecule has 1 aromatic carbocycles. The molecule has 2 aliphatic heterocycles. The highest BCUT2D eigenvalue weighted by Gasteiger charge is 2.33. The largest absolute Gasteiger partial charge is 0.355 e. The summed E-state index contributed by atoms with van der Waals surface area (Å²) in [6, 6.07) is 10.4. The number of aryl methyl sites for hydroxylation is 2. The van der Waals surface area contributed by atoms with Crippen LogP contribution in [0.4, 0.5) is 11.6 Å². The van der Waals surface area contributed by atoms with E-state index in [2.05, 4.69) is 56.7 Å². The zero-order valence-corrected chi connectivity index (χ0v) is 15.9. The monoisotopic (exact) mass is 361 g/mol. The third-order valence-corrected chi connectivity index (χ3v) is 5.39. The second kappa shape index (κ2) is 6.04. The van der Waals surface area contributed by atoms with Gasteiger partial charge in [-0.05, 0) is 19.1 Å². The van der Waals surface area contributed by atoms with Gasteiger partial charge in [0.2, 0.25) is 0 Å². The number of hydrazone groups is 1. The number of imidazole rings is 1. The highest BCUT2D eigenvalue weighted by molar-refractivity contribution is 5.76. The van der Waals surface area contributed by atoms with E-state index in [9.17, 15) is 0 Å². The van der Waals surface area contributed by atoms with Crippen molar-refractivity contribution in [2.75, 3.05) is 29.5 Å². The lowest BCUT2D eigenvalue weighted by Crippen LogP contribution is -2.46. The van der Waals surface area contributed by atoms with Crippen LogP contribution in [0.2, 0.25) is 0 Å². The average molecular weight is 361 g/mol. The van der Waals surface area contributed by atoms with Crippen LogP contribution in [0.1, 0.15) is 24.5 Å². The third kappa shape index (κ3) is 2.74. The minimum atomic E-state index is 0.422. The van der Waals surface area contributed by atoms with Gasteiger partial charge in [0.15, 0.2) is 5.82 Å². The maximum absolute atomic E-state index is 4.85. The molecule has 138 valence electrons. The number of aromatic nitrogens is 4. The summed E-state index contributed by atoms with van der Waals surface area (Å²) in [5, 5.41) is 6.42. The Morgan fingerprint density at radius 1 is 1.00 bits per heavy atom. The van der Waals surface area contributed by atoms with Crippen LogP contribution in [-0.4, -0.2) is 45.4 Å². The van der Waals surface area contributed by atoms with Gasteiger partial charge in [-0.1, -0.05) is 19.1 Å². The molecule has 1 saturated heterocycles. The Bertz CT molecular complexity index is 1030. The maximum Gasteiger partial charge on any atom is 0.154 e. The molecule has 7 heteroatoms. The van der Waals surface area contributed by atoms with Gasteiger partial charge in [0.05, 0.1) is 23.5 Å². The fraction of sp³-hybridized carbons (Fsp3) is 0.400. The Labute approximate surface area is 158 Å². The van der Waals surface area contributed by atoms with E-state index in [0.717, 1.165) is 48.4 Å². The number of fused-ring (bicyclic) bond motifs is 1. The normalized spacial score (nSPS) is 19.9. The molecular weight excluding hydrogens is 338 g/mol. The lowest BCUT2D eigenvalue weighted by Gasteiger charge is -2.40. The van der Waals surface area contributed by atoms with Crippen molar-refractivity contribution in [1.82, 2.24) is 19.5 Å². The predicted molar refractivity (Wildman–Crippen MR) is 107 cm³/mol. The minimum Gasteiger partial charge on any atom is -0.355 e. The van der Waals surface area contributed by atoms with Gasteiger partial charge in [-0.15, -0.1) is 0 Å². The Morgan fingerprint density at radius 3 is 2.52 bits per heavy atom. The van der Waals surface area contributed by atoms with E-state index in [-0.39, 0.29) is 0 Å². The summed E-state index contributed by atoms with van der Waals surface area (Å²) in [5.74, 6) is 4.66. The van der Waals surface area contributed by atoms with Crippen LogP contribution in [-0.2, 0) is 7.05 Å². The molecule has 1 fully saturated rings. The summed E-state index contributed by atoms with van der Waals surface area (Å²) >= 11 is 0. The molecule has 2 aromatic heterocycles. The number of para-hydroxylation sites is 2. The van der Waals surface area contributed by atoms with Crippen LogP contribution >= 0.6 is 0 Å². The second-order valence-electron chi connectivity index (χ2n) is 7.58. The quantitative estimate of drug-likeness (QED) is 0.718. The fourth-order valence-corrected chi connectivity index (χ4v) is 3.90. The van der Waals surface area contributed by atoms with E-state index >= 15 is 0 Å². The Morgan fingerprint density at radius 2 is 1.78 bits per heavy atom. The highest BCUT2D eigenvalue weighted by atomic mass is 15.5. The molecule has 5 rings (SSSR count). The molecule has 0 saturated carbocycles. The SMILES string of the molecule is Cc1nc(N2CC(c3nc4ccccc4n3C)C2)cc(N2CC(C)C=N2)n1. The number of nitrogens with zero attached hydrogens (tertiary/aromatic N) is 7. The van der Waals surface area contributed by atoms with Gasteiger partial charge in [0.25, 0.3) is 0 Å². The summed E-state index contributed by atoms with van der Waals surface area (Å²) in [6.07, 6.45) is 1.97. The molecule has 0 N–H and O–H groups in total. The third-order valence-electron chi connectivity index (χ3n) is 5.39. The molecule has 3 aromatic rings. The Kier molecular flexibility index (Phi) is 3.63. The maximum atomic E-state index is 4.85. The zero-order chi connectivity index (χ0) is 18.5. The molecule has 2 aliphatic rings. The van der Waals surface area contributed by atoms with Crippen LogP contribution < -0.4 is 9.91 Å². The molecule has 1 atom stereocenters. The van der Waals surface area contributed by atoms with Crippen molar-refractivity contribution in [3.05, 3.63) is 42.0 Å². The van der Waals surface area contributed by atoms with Crippen LogP contribution in [0.25, 0.3) is 11.0 Å². The van der Waals surface area contributed by atoms with Gasteiger partial charge < -0.3 is 9.47 Å². The van der Waals surface area contributed by atoms with Gasteiger partial charge in [-0.25, -0.2) is 20.0 Å². The van der Waals surface area contributed by atoms with Crippen LogP contribution in [0.5, 0.6) is 0 Å². The van der Waals surface area contributed by atoms with E-state index in [1.165, 1.54) is 5.52 Å². The number of hydrogen-bond donors (Lipinski definition) is 0.